The zero-order chi connectivity index (χ0) is 19.3. The van der Waals surface area contributed by atoms with Gasteiger partial charge in [-0.25, -0.2) is 0 Å². The van der Waals surface area contributed by atoms with Crippen LogP contribution in [0.1, 0.15) is 37.3 Å². The topological polar surface area (TPSA) is 71.3 Å². The first kappa shape index (κ1) is 18.8. The van der Waals surface area contributed by atoms with Gasteiger partial charge in [-0.05, 0) is 49.9 Å². The number of rotatable bonds is 6. The molecule has 4 rings (SSSR count). The SMILES string of the molecule is CC(c1nc(-c2cccs2)no1)N1CCC(C(=O)NCc2ccccc2)CC1. The predicted octanol–water partition coefficient (Wildman–Crippen LogP) is 3.89. The molecule has 1 aliphatic heterocycles. The van der Waals surface area contributed by atoms with Crippen LogP contribution in [-0.4, -0.2) is 34.0 Å². The van der Waals surface area contributed by atoms with Crippen LogP contribution in [0.25, 0.3) is 10.7 Å². The lowest BCUT2D eigenvalue weighted by Crippen LogP contribution is -2.41. The molecule has 1 aliphatic rings. The number of hydrogen-bond acceptors (Lipinski definition) is 6. The highest BCUT2D eigenvalue weighted by molar-refractivity contribution is 7.13. The van der Waals surface area contributed by atoms with Crippen LogP contribution in [-0.2, 0) is 11.3 Å². The minimum absolute atomic E-state index is 0.0505. The van der Waals surface area contributed by atoms with Gasteiger partial charge in [0, 0.05) is 12.5 Å². The fourth-order valence-corrected chi connectivity index (χ4v) is 4.19. The largest absolute Gasteiger partial charge is 0.352 e. The van der Waals surface area contributed by atoms with E-state index in [-0.39, 0.29) is 17.9 Å². The Bertz CT molecular complexity index is 886. The molecule has 28 heavy (non-hydrogen) atoms. The third-order valence-corrected chi connectivity index (χ3v) is 6.16. The predicted molar refractivity (Wildman–Crippen MR) is 109 cm³/mol. The second-order valence-electron chi connectivity index (χ2n) is 7.12. The Kier molecular flexibility index (Phi) is 5.83. The number of carbonyl (C=O) groups is 1. The molecular formula is C21H24N4O2S. The Morgan fingerprint density at radius 1 is 1.25 bits per heavy atom. The van der Waals surface area contributed by atoms with E-state index < -0.39 is 0 Å². The van der Waals surface area contributed by atoms with E-state index >= 15 is 0 Å². The smallest absolute Gasteiger partial charge is 0.244 e. The lowest BCUT2D eigenvalue weighted by molar-refractivity contribution is -0.126. The molecule has 6 nitrogen and oxygen atoms in total. The molecule has 0 spiro atoms. The summed E-state index contributed by atoms with van der Waals surface area (Å²) in [4.78, 5) is 20.4. The van der Waals surface area contributed by atoms with Crippen molar-refractivity contribution >= 4 is 17.2 Å². The molecule has 0 aliphatic carbocycles. The van der Waals surface area contributed by atoms with Gasteiger partial charge >= 0.3 is 0 Å². The number of amides is 1. The van der Waals surface area contributed by atoms with Crippen molar-refractivity contribution in [3.8, 4) is 10.7 Å². The Morgan fingerprint density at radius 2 is 2.04 bits per heavy atom. The molecule has 146 valence electrons. The van der Waals surface area contributed by atoms with E-state index in [0.717, 1.165) is 36.4 Å². The molecule has 2 aromatic heterocycles. The van der Waals surface area contributed by atoms with Crippen molar-refractivity contribution in [2.24, 2.45) is 5.92 Å². The number of hydrogen-bond donors (Lipinski definition) is 1. The van der Waals surface area contributed by atoms with E-state index in [1.54, 1.807) is 11.3 Å². The normalized spacial score (nSPS) is 16.8. The number of piperidine rings is 1. The Balaban J connectivity index is 1.28. The summed E-state index contributed by atoms with van der Waals surface area (Å²) < 4.78 is 5.49. The standard InChI is InChI=1S/C21H24N4O2S/c1-15(21-23-19(24-27-21)18-8-5-13-28-18)25-11-9-17(10-12-25)20(26)22-14-16-6-3-2-4-7-16/h2-8,13,15,17H,9-12,14H2,1H3,(H,22,26). The van der Waals surface area contributed by atoms with Gasteiger partial charge in [-0.3, -0.25) is 9.69 Å². The lowest BCUT2D eigenvalue weighted by Gasteiger charge is -2.33. The minimum atomic E-state index is 0.0505. The fourth-order valence-electron chi connectivity index (χ4n) is 3.55. The lowest BCUT2D eigenvalue weighted by atomic mass is 9.95. The van der Waals surface area contributed by atoms with Crippen molar-refractivity contribution < 1.29 is 9.32 Å². The fraction of sp³-hybridized carbons (Fsp3) is 0.381. The van der Waals surface area contributed by atoms with Crippen LogP contribution in [0, 0.1) is 5.92 Å². The molecule has 7 heteroatoms. The average molecular weight is 397 g/mol. The van der Waals surface area contributed by atoms with Crippen molar-refractivity contribution in [1.29, 1.82) is 0 Å². The van der Waals surface area contributed by atoms with Crippen LogP contribution in [0.5, 0.6) is 0 Å². The number of nitrogens with zero attached hydrogens (tertiary/aromatic N) is 3. The molecule has 0 radical (unpaired) electrons. The first-order chi connectivity index (χ1) is 13.7. The second-order valence-corrected chi connectivity index (χ2v) is 8.07. The van der Waals surface area contributed by atoms with Crippen LogP contribution in [0.3, 0.4) is 0 Å². The Labute approximate surface area is 168 Å². The summed E-state index contributed by atoms with van der Waals surface area (Å²) in [6, 6.07) is 14.0. The molecule has 1 saturated heterocycles. The van der Waals surface area contributed by atoms with Gasteiger partial charge < -0.3 is 9.84 Å². The van der Waals surface area contributed by atoms with Crippen molar-refractivity contribution in [3.63, 3.8) is 0 Å². The summed E-state index contributed by atoms with van der Waals surface area (Å²) in [6.45, 7) is 4.37. The van der Waals surface area contributed by atoms with Gasteiger partial charge in [0.2, 0.25) is 17.6 Å². The van der Waals surface area contributed by atoms with Crippen molar-refractivity contribution in [1.82, 2.24) is 20.4 Å². The summed E-state index contributed by atoms with van der Waals surface area (Å²) in [7, 11) is 0. The molecule has 0 saturated carbocycles. The van der Waals surface area contributed by atoms with E-state index in [2.05, 4.69) is 27.3 Å². The van der Waals surface area contributed by atoms with Crippen molar-refractivity contribution in [2.45, 2.75) is 32.4 Å². The molecule has 1 atom stereocenters. The average Bonchev–Trinajstić information content (AvgIpc) is 3.44. The van der Waals surface area contributed by atoms with E-state index in [0.29, 0.717) is 18.3 Å². The van der Waals surface area contributed by atoms with Crippen LogP contribution < -0.4 is 5.32 Å². The highest BCUT2D eigenvalue weighted by Gasteiger charge is 2.29. The molecule has 0 bridgehead atoms. The maximum absolute atomic E-state index is 12.5. The minimum Gasteiger partial charge on any atom is -0.352 e. The van der Waals surface area contributed by atoms with Crippen LogP contribution in [0.2, 0.25) is 0 Å². The maximum atomic E-state index is 12.5. The summed E-state index contributed by atoms with van der Waals surface area (Å²) in [5.41, 5.74) is 1.12. The van der Waals surface area contributed by atoms with Gasteiger partial charge in [-0.1, -0.05) is 41.6 Å². The third kappa shape index (κ3) is 4.31. The number of thiophene rings is 1. The number of carbonyl (C=O) groups excluding carboxylic acids is 1. The summed E-state index contributed by atoms with van der Waals surface area (Å²) in [6.07, 6.45) is 1.69. The van der Waals surface area contributed by atoms with Crippen LogP contribution in [0.4, 0.5) is 0 Å². The monoisotopic (exact) mass is 396 g/mol. The Hall–Kier alpha value is -2.51. The molecule has 1 aromatic carbocycles. The molecule has 1 fully saturated rings. The third-order valence-electron chi connectivity index (χ3n) is 5.30. The number of nitrogens with one attached hydrogen (secondary N) is 1. The highest BCUT2D eigenvalue weighted by Crippen LogP contribution is 2.28. The van der Waals surface area contributed by atoms with E-state index in [4.69, 9.17) is 4.52 Å². The van der Waals surface area contributed by atoms with E-state index in [9.17, 15) is 4.79 Å². The molecule has 3 aromatic rings. The zero-order valence-corrected chi connectivity index (χ0v) is 16.7. The van der Waals surface area contributed by atoms with Gasteiger partial charge in [0.25, 0.3) is 0 Å². The summed E-state index contributed by atoms with van der Waals surface area (Å²) in [5.74, 6) is 1.49. The van der Waals surface area contributed by atoms with Gasteiger partial charge in [0.15, 0.2) is 0 Å². The molecule has 1 amide bonds. The molecule has 1 N–H and O–H groups in total. The van der Waals surface area contributed by atoms with Crippen molar-refractivity contribution in [3.05, 3.63) is 59.3 Å². The maximum Gasteiger partial charge on any atom is 0.244 e. The quantitative estimate of drug-likeness (QED) is 0.684. The van der Waals surface area contributed by atoms with Crippen molar-refractivity contribution in [2.75, 3.05) is 13.1 Å². The van der Waals surface area contributed by atoms with Gasteiger partial charge in [-0.15, -0.1) is 11.3 Å². The zero-order valence-electron chi connectivity index (χ0n) is 15.9. The summed E-state index contributed by atoms with van der Waals surface area (Å²) in [5, 5.41) is 9.17. The van der Waals surface area contributed by atoms with E-state index in [1.165, 1.54) is 0 Å². The first-order valence-electron chi connectivity index (χ1n) is 9.64. The summed E-state index contributed by atoms with van der Waals surface area (Å²) >= 11 is 1.60. The second kappa shape index (κ2) is 8.67. The molecular weight excluding hydrogens is 372 g/mol. The van der Waals surface area contributed by atoms with Gasteiger partial charge in [0.05, 0.1) is 10.9 Å². The first-order valence-corrected chi connectivity index (χ1v) is 10.5. The number of aromatic nitrogens is 2. The van der Waals surface area contributed by atoms with E-state index in [1.807, 2.05) is 47.8 Å². The van der Waals surface area contributed by atoms with Gasteiger partial charge in [-0.2, -0.15) is 4.98 Å². The van der Waals surface area contributed by atoms with Gasteiger partial charge in [0.1, 0.15) is 0 Å². The molecule has 3 heterocycles. The van der Waals surface area contributed by atoms with Crippen LogP contribution >= 0.6 is 11.3 Å². The molecule has 1 unspecified atom stereocenters. The Morgan fingerprint density at radius 3 is 2.75 bits per heavy atom. The van der Waals surface area contributed by atoms with Crippen LogP contribution in [0.15, 0.2) is 52.4 Å². The number of likely N-dealkylation sites (tertiary alicyclic amines) is 1. The number of benzene rings is 1. The highest BCUT2D eigenvalue weighted by atomic mass is 32.1.